The number of nitrogens with one attached hydrogen (secondary N) is 1. The van der Waals surface area contributed by atoms with E-state index >= 15 is 0 Å². The summed E-state index contributed by atoms with van der Waals surface area (Å²) in [4.78, 5) is 28.1. The van der Waals surface area contributed by atoms with E-state index in [1.54, 1.807) is 16.7 Å². The summed E-state index contributed by atoms with van der Waals surface area (Å²) in [7, 11) is 0. The molecule has 0 spiro atoms. The van der Waals surface area contributed by atoms with Gasteiger partial charge in [0.15, 0.2) is 0 Å². The van der Waals surface area contributed by atoms with Crippen LogP contribution in [-0.2, 0) is 9.59 Å². The quantitative estimate of drug-likeness (QED) is 0.700. The topological polar surface area (TPSA) is 78.7 Å². The number of carbonyl (C=O) groups is 2. The highest BCUT2D eigenvalue weighted by atomic mass is 35.5. The van der Waals surface area contributed by atoms with Gasteiger partial charge in [0, 0.05) is 36.9 Å². The molecule has 146 valence electrons. The van der Waals surface area contributed by atoms with Gasteiger partial charge >= 0.3 is 0 Å². The SMILES string of the molecule is CSCC[C@H](N)C(=O)NCC(=O)N1CCN(c2cccc(Cl)c2)CC1.Cl. The lowest BCUT2D eigenvalue weighted by atomic mass is 10.2. The Bertz CT molecular complexity index is 598. The van der Waals surface area contributed by atoms with E-state index < -0.39 is 6.04 Å². The smallest absolute Gasteiger partial charge is 0.242 e. The van der Waals surface area contributed by atoms with Crippen LogP contribution in [0.25, 0.3) is 0 Å². The van der Waals surface area contributed by atoms with Gasteiger partial charge in [-0.2, -0.15) is 11.8 Å². The molecule has 1 aliphatic heterocycles. The molecule has 0 bridgehead atoms. The zero-order chi connectivity index (χ0) is 18.2. The first-order chi connectivity index (χ1) is 12.0. The van der Waals surface area contributed by atoms with Crippen molar-refractivity contribution in [2.75, 3.05) is 49.6 Å². The fourth-order valence-corrected chi connectivity index (χ4v) is 3.34. The minimum atomic E-state index is -0.556. The zero-order valence-corrected chi connectivity index (χ0v) is 17.2. The van der Waals surface area contributed by atoms with Crippen LogP contribution in [-0.4, -0.2) is 67.5 Å². The maximum Gasteiger partial charge on any atom is 0.242 e. The normalized spacial score (nSPS) is 15.2. The monoisotopic (exact) mass is 420 g/mol. The van der Waals surface area contributed by atoms with Crippen LogP contribution in [0.3, 0.4) is 0 Å². The van der Waals surface area contributed by atoms with Crippen molar-refractivity contribution in [3.05, 3.63) is 29.3 Å². The van der Waals surface area contributed by atoms with Gasteiger partial charge in [-0.15, -0.1) is 12.4 Å². The van der Waals surface area contributed by atoms with Crippen LogP contribution in [0.2, 0.25) is 5.02 Å². The molecule has 0 aliphatic carbocycles. The number of hydrogen-bond donors (Lipinski definition) is 2. The lowest BCUT2D eigenvalue weighted by Crippen LogP contribution is -2.52. The molecule has 3 N–H and O–H groups in total. The largest absolute Gasteiger partial charge is 0.368 e. The average molecular weight is 421 g/mol. The standard InChI is InChI=1S/C17H25ClN4O2S.ClH/c1-25-10-5-15(19)17(24)20-12-16(23)22-8-6-21(7-9-22)14-4-2-3-13(18)11-14;/h2-4,11,15H,5-10,12,19H2,1H3,(H,20,24);1H/t15-;/m0./s1. The summed E-state index contributed by atoms with van der Waals surface area (Å²) in [6.45, 7) is 2.74. The summed E-state index contributed by atoms with van der Waals surface area (Å²) in [5.74, 6) is 0.490. The second-order valence-electron chi connectivity index (χ2n) is 5.95. The van der Waals surface area contributed by atoms with Crippen LogP contribution in [0.15, 0.2) is 24.3 Å². The van der Waals surface area contributed by atoms with Crippen molar-refractivity contribution >= 4 is 53.3 Å². The summed E-state index contributed by atoms with van der Waals surface area (Å²) in [5.41, 5.74) is 6.86. The molecule has 1 aromatic rings. The molecule has 2 amide bonds. The Kier molecular flexibility index (Phi) is 10.2. The minimum absolute atomic E-state index is 0. The first kappa shape index (κ1) is 22.9. The third kappa shape index (κ3) is 6.87. The third-order valence-corrected chi connectivity index (χ3v) is 5.07. The number of benzene rings is 1. The summed E-state index contributed by atoms with van der Waals surface area (Å²) >= 11 is 7.67. The number of thioether (sulfide) groups is 1. The van der Waals surface area contributed by atoms with Gasteiger partial charge in [0.2, 0.25) is 11.8 Å². The average Bonchev–Trinajstić information content (AvgIpc) is 2.64. The Hall–Kier alpha value is -1.15. The molecule has 6 nitrogen and oxygen atoms in total. The molecule has 0 aromatic heterocycles. The molecule has 1 heterocycles. The van der Waals surface area contributed by atoms with Crippen LogP contribution in [0.4, 0.5) is 5.69 Å². The second-order valence-corrected chi connectivity index (χ2v) is 7.38. The van der Waals surface area contributed by atoms with E-state index in [2.05, 4.69) is 10.2 Å². The fourth-order valence-electron chi connectivity index (χ4n) is 2.67. The predicted molar refractivity (Wildman–Crippen MR) is 111 cm³/mol. The number of rotatable bonds is 7. The lowest BCUT2D eigenvalue weighted by molar-refractivity contribution is -0.133. The summed E-state index contributed by atoms with van der Waals surface area (Å²) < 4.78 is 0. The molecule has 1 fully saturated rings. The number of nitrogens with two attached hydrogens (primary N) is 1. The minimum Gasteiger partial charge on any atom is -0.368 e. The molecule has 1 saturated heterocycles. The van der Waals surface area contributed by atoms with Crippen molar-refractivity contribution in [2.24, 2.45) is 5.73 Å². The van der Waals surface area contributed by atoms with E-state index in [-0.39, 0.29) is 30.8 Å². The van der Waals surface area contributed by atoms with E-state index in [0.717, 1.165) is 24.5 Å². The van der Waals surface area contributed by atoms with Crippen molar-refractivity contribution in [3.63, 3.8) is 0 Å². The molecule has 0 radical (unpaired) electrons. The Morgan fingerprint density at radius 1 is 1.31 bits per heavy atom. The van der Waals surface area contributed by atoms with Crippen LogP contribution in [0.5, 0.6) is 0 Å². The summed E-state index contributed by atoms with van der Waals surface area (Å²) in [6, 6.07) is 7.15. The van der Waals surface area contributed by atoms with Crippen LogP contribution >= 0.6 is 35.8 Å². The maximum atomic E-state index is 12.3. The first-order valence-corrected chi connectivity index (χ1v) is 10.1. The maximum absolute atomic E-state index is 12.3. The molecular weight excluding hydrogens is 395 g/mol. The highest BCUT2D eigenvalue weighted by Gasteiger charge is 2.22. The number of nitrogens with zero attached hydrogens (tertiary/aromatic N) is 2. The summed E-state index contributed by atoms with van der Waals surface area (Å²) in [5, 5.41) is 3.35. The van der Waals surface area contributed by atoms with E-state index in [9.17, 15) is 9.59 Å². The van der Waals surface area contributed by atoms with Crippen LogP contribution in [0.1, 0.15) is 6.42 Å². The fraction of sp³-hybridized carbons (Fsp3) is 0.529. The van der Waals surface area contributed by atoms with Crippen LogP contribution < -0.4 is 16.0 Å². The van der Waals surface area contributed by atoms with Crippen LogP contribution in [0, 0.1) is 0 Å². The van der Waals surface area contributed by atoms with Crippen molar-refractivity contribution < 1.29 is 9.59 Å². The first-order valence-electron chi connectivity index (χ1n) is 8.32. The predicted octanol–water partition coefficient (Wildman–Crippen LogP) is 1.61. The summed E-state index contributed by atoms with van der Waals surface area (Å²) in [6.07, 6.45) is 2.58. The van der Waals surface area contributed by atoms with Gasteiger partial charge in [-0.05, 0) is 36.6 Å². The number of anilines is 1. The van der Waals surface area contributed by atoms with E-state index in [1.807, 2.05) is 30.5 Å². The molecule has 0 unspecified atom stereocenters. The van der Waals surface area contributed by atoms with E-state index in [0.29, 0.717) is 24.5 Å². The van der Waals surface area contributed by atoms with Gasteiger partial charge < -0.3 is 20.9 Å². The van der Waals surface area contributed by atoms with Gasteiger partial charge in [0.1, 0.15) is 0 Å². The molecule has 9 heteroatoms. The lowest BCUT2D eigenvalue weighted by Gasteiger charge is -2.36. The number of hydrogen-bond acceptors (Lipinski definition) is 5. The third-order valence-electron chi connectivity index (χ3n) is 4.19. The molecule has 1 aromatic carbocycles. The number of halogens is 2. The molecule has 0 saturated carbocycles. The van der Waals surface area contributed by atoms with Gasteiger partial charge in [-0.1, -0.05) is 17.7 Å². The molecule has 1 aliphatic rings. The van der Waals surface area contributed by atoms with Gasteiger partial charge in [0.25, 0.3) is 0 Å². The van der Waals surface area contributed by atoms with Crippen molar-refractivity contribution in [2.45, 2.75) is 12.5 Å². The van der Waals surface area contributed by atoms with Crippen molar-refractivity contribution in [1.29, 1.82) is 0 Å². The Balaban J connectivity index is 0.00000338. The second kappa shape index (κ2) is 11.5. The van der Waals surface area contributed by atoms with Crippen molar-refractivity contribution in [1.82, 2.24) is 10.2 Å². The Morgan fingerprint density at radius 2 is 2.00 bits per heavy atom. The zero-order valence-electron chi connectivity index (χ0n) is 14.8. The van der Waals surface area contributed by atoms with Gasteiger partial charge in [-0.25, -0.2) is 0 Å². The van der Waals surface area contributed by atoms with Gasteiger partial charge in [-0.3, -0.25) is 9.59 Å². The van der Waals surface area contributed by atoms with Gasteiger partial charge in [0.05, 0.1) is 12.6 Å². The number of piperazine rings is 1. The number of amides is 2. The Labute approximate surface area is 170 Å². The molecular formula is C17H26Cl2N4O2S. The molecule has 1 atom stereocenters. The number of carbonyl (C=O) groups excluding carboxylic acids is 2. The highest BCUT2D eigenvalue weighted by Crippen LogP contribution is 2.20. The molecule has 2 rings (SSSR count). The van der Waals surface area contributed by atoms with Crippen molar-refractivity contribution in [3.8, 4) is 0 Å². The highest BCUT2D eigenvalue weighted by molar-refractivity contribution is 7.98. The Morgan fingerprint density at radius 3 is 2.62 bits per heavy atom. The van der Waals surface area contributed by atoms with E-state index in [4.69, 9.17) is 17.3 Å². The van der Waals surface area contributed by atoms with E-state index in [1.165, 1.54) is 0 Å². The molecule has 26 heavy (non-hydrogen) atoms.